The van der Waals surface area contributed by atoms with Crippen molar-refractivity contribution in [3.05, 3.63) is 12.3 Å². The van der Waals surface area contributed by atoms with Crippen LogP contribution in [0.4, 0.5) is 0 Å². The average molecular weight is 169 g/mol. The molecule has 0 amide bonds. The molecule has 0 aromatic carbocycles. The van der Waals surface area contributed by atoms with Gasteiger partial charge in [0.05, 0.1) is 13.2 Å². The molecule has 1 aliphatic heterocycles. The van der Waals surface area contributed by atoms with E-state index in [1.807, 2.05) is 0 Å². The summed E-state index contributed by atoms with van der Waals surface area (Å²) in [7, 11) is 0. The van der Waals surface area contributed by atoms with Gasteiger partial charge in [0.25, 0.3) is 0 Å². The first-order valence-corrected chi connectivity index (χ1v) is 4.59. The Morgan fingerprint density at radius 2 is 1.75 bits per heavy atom. The average Bonchev–Trinajstić information content (AvgIpc) is 2.02. The van der Waals surface area contributed by atoms with E-state index >= 15 is 0 Å². The van der Waals surface area contributed by atoms with Gasteiger partial charge in [-0.3, -0.25) is 0 Å². The van der Waals surface area contributed by atoms with Crippen LogP contribution in [0.2, 0.25) is 0 Å². The lowest BCUT2D eigenvalue weighted by Gasteiger charge is -2.26. The fraction of sp³-hybridized carbons (Fsp3) is 0.800. The van der Waals surface area contributed by atoms with E-state index in [-0.39, 0.29) is 5.41 Å². The summed E-state index contributed by atoms with van der Waals surface area (Å²) in [4.78, 5) is 2.31. The number of hydrogen-bond donors (Lipinski definition) is 0. The lowest BCUT2D eigenvalue weighted by atomic mass is 9.97. The maximum absolute atomic E-state index is 5.26. The molecule has 2 nitrogen and oxygen atoms in total. The van der Waals surface area contributed by atoms with Gasteiger partial charge < -0.3 is 9.64 Å². The molecular formula is C10H19NO. The third-order valence-corrected chi connectivity index (χ3v) is 1.83. The number of ether oxygens (including phenoxy) is 1. The van der Waals surface area contributed by atoms with Crippen LogP contribution in [-0.4, -0.2) is 31.2 Å². The summed E-state index contributed by atoms with van der Waals surface area (Å²) in [6, 6.07) is 0. The smallest absolute Gasteiger partial charge is 0.0642 e. The molecule has 0 aromatic rings. The van der Waals surface area contributed by atoms with Gasteiger partial charge in [-0.1, -0.05) is 26.8 Å². The summed E-state index contributed by atoms with van der Waals surface area (Å²) >= 11 is 0. The van der Waals surface area contributed by atoms with Crippen LogP contribution in [0, 0.1) is 5.41 Å². The van der Waals surface area contributed by atoms with Crippen molar-refractivity contribution < 1.29 is 4.74 Å². The van der Waals surface area contributed by atoms with Crippen LogP contribution in [0.25, 0.3) is 0 Å². The van der Waals surface area contributed by atoms with Crippen molar-refractivity contribution in [3.8, 4) is 0 Å². The summed E-state index contributed by atoms with van der Waals surface area (Å²) < 4.78 is 5.26. The van der Waals surface area contributed by atoms with Gasteiger partial charge in [-0.2, -0.15) is 0 Å². The quantitative estimate of drug-likeness (QED) is 0.594. The van der Waals surface area contributed by atoms with Gasteiger partial charge in [0.1, 0.15) is 0 Å². The first-order chi connectivity index (χ1) is 5.58. The highest BCUT2D eigenvalue weighted by atomic mass is 16.5. The zero-order valence-electron chi connectivity index (χ0n) is 8.34. The molecule has 1 fully saturated rings. The normalized spacial score (nSPS) is 20.4. The molecule has 0 aliphatic carbocycles. The standard InChI is InChI=1S/C10H19NO/c1-10(2,3)4-5-11-6-8-12-9-7-11/h4-5H,6-9H2,1-3H3/b5-4+. The van der Waals surface area contributed by atoms with Crippen LogP contribution < -0.4 is 0 Å². The number of hydrogen-bond acceptors (Lipinski definition) is 2. The van der Waals surface area contributed by atoms with E-state index in [1.54, 1.807) is 0 Å². The molecule has 0 spiro atoms. The van der Waals surface area contributed by atoms with E-state index in [0.717, 1.165) is 26.3 Å². The second-order valence-electron chi connectivity index (χ2n) is 4.33. The molecule has 0 radical (unpaired) electrons. The number of morpholine rings is 1. The Kier molecular flexibility index (Phi) is 3.15. The summed E-state index contributed by atoms with van der Waals surface area (Å²) in [5.74, 6) is 0. The summed E-state index contributed by atoms with van der Waals surface area (Å²) in [5.41, 5.74) is 0.290. The van der Waals surface area contributed by atoms with Crippen molar-refractivity contribution in [3.63, 3.8) is 0 Å². The molecule has 0 aromatic heterocycles. The van der Waals surface area contributed by atoms with Crippen molar-refractivity contribution in [1.82, 2.24) is 4.90 Å². The summed E-state index contributed by atoms with van der Waals surface area (Å²) in [6.07, 6.45) is 4.45. The van der Waals surface area contributed by atoms with Gasteiger partial charge >= 0.3 is 0 Å². The highest BCUT2D eigenvalue weighted by molar-refractivity contribution is 4.92. The Hall–Kier alpha value is -0.500. The molecule has 12 heavy (non-hydrogen) atoms. The minimum atomic E-state index is 0.290. The summed E-state index contributed by atoms with van der Waals surface area (Å²) in [6.45, 7) is 10.4. The van der Waals surface area contributed by atoms with Crippen LogP contribution >= 0.6 is 0 Å². The predicted octanol–water partition coefficient (Wildman–Crippen LogP) is 1.88. The van der Waals surface area contributed by atoms with E-state index < -0.39 is 0 Å². The van der Waals surface area contributed by atoms with Crippen LogP contribution in [0.1, 0.15) is 20.8 Å². The maximum Gasteiger partial charge on any atom is 0.0642 e. The van der Waals surface area contributed by atoms with Crippen molar-refractivity contribution in [2.75, 3.05) is 26.3 Å². The van der Waals surface area contributed by atoms with E-state index in [0.29, 0.717) is 0 Å². The molecule has 2 heteroatoms. The topological polar surface area (TPSA) is 12.5 Å². The Balaban J connectivity index is 2.33. The lowest BCUT2D eigenvalue weighted by Crippen LogP contribution is -2.32. The maximum atomic E-state index is 5.26. The second-order valence-corrected chi connectivity index (χ2v) is 4.33. The number of rotatable bonds is 1. The largest absolute Gasteiger partial charge is 0.378 e. The monoisotopic (exact) mass is 169 g/mol. The first kappa shape index (κ1) is 9.59. The van der Waals surface area contributed by atoms with Crippen molar-refractivity contribution in [2.45, 2.75) is 20.8 Å². The molecule has 1 saturated heterocycles. The molecule has 0 unspecified atom stereocenters. The molecule has 1 heterocycles. The highest BCUT2D eigenvalue weighted by Crippen LogP contribution is 2.15. The molecule has 0 atom stereocenters. The van der Waals surface area contributed by atoms with Gasteiger partial charge in [-0.05, 0) is 11.6 Å². The minimum absolute atomic E-state index is 0.290. The van der Waals surface area contributed by atoms with E-state index in [1.165, 1.54) is 0 Å². The fourth-order valence-corrected chi connectivity index (χ4v) is 1.06. The zero-order chi connectivity index (χ0) is 9.03. The molecular weight excluding hydrogens is 150 g/mol. The van der Waals surface area contributed by atoms with Gasteiger partial charge in [-0.25, -0.2) is 0 Å². The molecule has 0 bridgehead atoms. The molecule has 70 valence electrons. The van der Waals surface area contributed by atoms with Crippen molar-refractivity contribution in [1.29, 1.82) is 0 Å². The van der Waals surface area contributed by atoms with E-state index in [9.17, 15) is 0 Å². The van der Waals surface area contributed by atoms with Crippen LogP contribution in [0.3, 0.4) is 0 Å². The van der Waals surface area contributed by atoms with E-state index in [2.05, 4.69) is 37.9 Å². The van der Waals surface area contributed by atoms with Crippen molar-refractivity contribution in [2.24, 2.45) is 5.41 Å². The predicted molar refractivity (Wildman–Crippen MR) is 51.0 cm³/mol. The third-order valence-electron chi connectivity index (χ3n) is 1.83. The Labute approximate surface area is 75.2 Å². The first-order valence-electron chi connectivity index (χ1n) is 4.59. The number of allylic oxidation sites excluding steroid dienone is 1. The highest BCUT2D eigenvalue weighted by Gasteiger charge is 2.08. The zero-order valence-corrected chi connectivity index (χ0v) is 8.34. The number of nitrogens with zero attached hydrogens (tertiary/aromatic N) is 1. The Bertz CT molecular complexity index is 152. The Morgan fingerprint density at radius 1 is 1.17 bits per heavy atom. The van der Waals surface area contributed by atoms with Gasteiger partial charge in [0.15, 0.2) is 0 Å². The summed E-state index contributed by atoms with van der Waals surface area (Å²) in [5, 5.41) is 0. The Morgan fingerprint density at radius 3 is 2.25 bits per heavy atom. The van der Waals surface area contributed by atoms with Crippen LogP contribution in [0.5, 0.6) is 0 Å². The van der Waals surface area contributed by atoms with Gasteiger partial charge in [0.2, 0.25) is 0 Å². The minimum Gasteiger partial charge on any atom is -0.378 e. The van der Waals surface area contributed by atoms with Crippen LogP contribution in [0.15, 0.2) is 12.3 Å². The molecule has 0 N–H and O–H groups in total. The fourth-order valence-electron chi connectivity index (χ4n) is 1.06. The van der Waals surface area contributed by atoms with Crippen LogP contribution in [-0.2, 0) is 4.74 Å². The molecule has 1 rings (SSSR count). The SMILES string of the molecule is CC(C)(C)/C=C/N1CCOCC1. The second kappa shape index (κ2) is 3.94. The molecule has 1 aliphatic rings. The lowest BCUT2D eigenvalue weighted by molar-refractivity contribution is 0.0590. The third kappa shape index (κ3) is 3.77. The van der Waals surface area contributed by atoms with Gasteiger partial charge in [0, 0.05) is 13.1 Å². The van der Waals surface area contributed by atoms with Crippen molar-refractivity contribution >= 4 is 0 Å². The van der Waals surface area contributed by atoms with Gasteiger partial charge in [-0.15, -0.1) is 0 Å². The van der Waals surface area contributed by atoms with E-state index in [4.69, 9.17) is 4.74 Å². The molecule has 0 saturated carbocycles.